The molecule has 5 fully saturated rings. The Hall–Kier alpha value is -1.64. The van der Waals surface area contributed by atoms with E-state index in [9.17, 15) is 22.8 Å². The molecule has 5 rings (SSSR count). The number of nitrogens with one attached hydrogen (secondary N) is 2. The molecule has 1 aliphatic heterocycles. The van der Waals surface area contributed by atoms with Crippen molar-refractivity contribution >= 4 is 27.6 Å². The van der Waals surface area contributed by atoms with Gasteiger partial charge in [0, 0.05) is 11.5 Å². The standard InChI is InChI=1S/C19H28N2O6S/c22-16(21-15-1-2-28(25,26)11-15)10-27-17(23)9-20-18(24)19-6-12-3-13(7-19)5-14(4-12)8-19/h12-15H,1-11H2,(H,20,24)(H,21,22)/t12?,13?,14?,15-,19?/m0/s1. The molecule has 1 saturated heterocycles. The van der Waals surface area contributed by atoms with E-state index < -0.39 is 34.4 Å². The van der Waals surface area contributed by atoms with Crippen LogP contribution >= 0.6 is 0 Å². The van der Waals surface area contributed by atoms with Gasteiger partial charge < -0.3 is 15.4 Å². The minimum atomic E-state index is -3.08. The number of hydrogen-bond acceptors (Lipinski definition) is 6. The molecule has 156 valence electrons. The third kappa shape index (κ3) is 4.18. The summed E-state index contributed by atoms with van der Waals surface area (Å²) in [4.78, 5) is 36.5. The molecule has 28 heavy (non-hydrogen) atoms. The number of amides is 2. The molecule has 0 aromatic rings. The fourth-order valence-corrected chi connectivity index (χ4v) is 7.78. The molecule has 4 bridgehead atoms. The Balaban J connectivity index is 1.19. The Morgan fingerprint density at radius 2 is 1.61 bits per heavy atom. The van der Waals surface area contributed by atoms with Crippen molar-refractivity contribution in [2.24, 2.45) is 23.2 Å². The topological polar surface area (TPSA) is 119 Å². The molecule has 4 aliphatic carbocycles. The maximum atomic E-state index is 12.8. The Morgan fingerprint density at radius 1 is 1.00 bits per heavy atom. The van der Waals surface area contributed by atoms with Crippen molar-refractivity contribution < 1.29 is 27.5 Å². The molecule has 4 saturated carbocycles. The second kappa shape index (κ2) is 7.31. The van der Waals surface area contributed by atoms with Crippen molar-refractivity contribution in [1.82, 2.24) is 10.6 Å². The van der Waals surface area contributed by atoms with Gasteiger partial charge in [-0.15, -0.1) is 0 Å². The van der Waals surface area contributed by atoms with Crippen molar-refractivity contribution in [3.8, 4) is 0 Å². The van der Waals surface area contributed by atoms with Gasteiger partial charge in [0.05, 0.1) is 11.5 Å². The normalized spacial score (nSPS) is 37.4. The van der Waals surface area contributed by atoms with E-state index in [0.29, 0.717) is 24.2 Å². The number of rotatable bonds is 6. The van der Waals surface area contributed by atoms with Crippen molar-refractivity contribution in [2.45, 2.75) is 51.0 Å². The zero-order valence-electron chi connectivity index (χ0n) is 15.9. The Labute approximate surface area is 165 Å². The number of ether oxygens (including phenoxy) is 1. The van der Waals surface area contributed by atoms with Gasteiger partial charge in [0.1, 0.15) is 6.54 Å². The summed E-state index contributed by atoms with van der Waals surface area (Å²) in [5, 5.41) is 5.28. The second-order valence-corrected chi connectivity index (χ2v) is 11.4. The van der Waals surface area contributed by atoms with E-state index in [0.717, 1.165) is 19.3 Å². The molecule has 2 N–H and O–H groups in total. The van der Waals surface area contributed by atoms with Crippen molar-refractivity contribution in [2.75, 3.05) is 24.7 Å². The van der Waals surface area contributed by atoms with Crippen molar-refractivity contribution in [3.63, 3.8) is 0 Å². The van der Waals surface area contributed by atoms with E-state index >= 15 is 0 Å². The molecule has 0 aromatic heterocycles. The second-order valence-electron chi connectivity index (χ2n) is 9.21. The number of carbonyl (C=O) groups is 3. The van der Waals surface area contributed by atoms with Gasteiger partial charge >= 0.3 is 5.97 Å². The highest BCUT2D eigenvalue weighted by molar-refractivity contribution is 7.91. The van der Waals surface area contributed by atoms with Crippen LogP contribution in [0.4, 0.5) is 0 Å². The third-order valence-electron chi connectivity index (χ3n) is 6.87. The maximum absolute atomic E-state index is 12.8. The van der Waals surface area contributed by atoms with Crippen LogP contribution in [0.1, 0.15) is 44.9 Å². The summed E-state index contributed by atoms with van der Waals surface area (Å²) in [6.45, 7) is -0.714. The summed E-state index contributed by atoms with van der Waals surface area (Å²) in [5.41, 5.74) is -0.319. The van der Waals surface area contributed by atoms with E-state index in [4.69, 9.17) is 4.74 Å². The summed E-state index contributed by atoms with van der Waals surface area (Å²) in [6, 6.07) is -0.424. The lowest BCUT2D eigenvalue weighted by atomic mass is 9.49. The van der Waals surface area contributed by atoms with Crippen LogP contribution in [-0.4, -0.2) is 56.9 Å². The minimum absolute atomic E-state index is 0.0517. The summed E-state index contributed by atoms with van der Waals surface area (Å²) in [7, 11) is -3.08. The molecule has 5 aliphatic rings. The van der Waals surface area contributed by atoms with Crippen LogP contribution in [0.2, 0.25) is 0 Å². The summed E-state index contributed by atoms with van der Waals surface area (Å²) < 4.78 is 27.7. The van der Waals surface area contributed by atoms with Gasteiger partial charge in [0.15, 0.2) is 16.4 Å². The van der Waals surface area contributed by atoms with Crippen molar-refractivity contribution in [1.29, 1.82) is 0 Å². The van der Waals surface area contributed by atoms with Crippen LogP contribution < -0.4 is 10.6 Å². The van der Waals surface area contributed by atoms with Crippen LogP contribution in [0.3, 0.4) is 0 Å². The highest BCUT2D eigenvalue weighted by Crippen LogP contribution is 2.60. The molecule has 1 atom stereocenters. The summed E-state index contributed by atoms with van der Waals surface area (Å²) in [6.07, 6.45) is 6.87. The predicted molar refractivity (Wildman–Crippen MR) is 99.8 cm³/mol. The lowest BCUT2D eigenvalue weighted by Crippen LogP contribution is -2.54. The van der Waals surface area contributed by atoms with Gasteiger partial charge in [-0.05, 0) is 62.7 Å². The molecule has 9 heteroatoms. The number of hydrogen-bond donors (Lipinski definition) is 2. The monoisotopic (exact) mass is 412 g/mol. The molecule has 0 unspecified atom stereocenters. The van der Waals surface area contributed by atoms with Gasteiger partial charge in [-0.1, -0.05) is 0 Å². The smallest absolute Gasteiger partial charge is 0.325 e. The first-order chi connectivity index (χ1) is 13.2. The Morgan fingerprint density at radius 3 is 2.14 bits per heavy atom. The van der Waals surface area contributed by atoms with Gasteiger partial charge in [-0.25, -0.2) is 8.42 Å². The minimum Gasteiger partial charge on any atom is -0.454 e. The van der Waals surface area contributed by atoms with Crippen LogP contribution in [-0.2, 0) is 29.0 Å². The van der Waals surface area contributed by atoms with E-state index in [-0.39, 0.29) is 29.4 Å². The molecule has 8 nitrogen and oxygen atoms in total. The zero-order chi connectivity index (χ0) is 19.9. The van der Waals surface area contributed by atoms with Crippen LogP contribution in [0, 0.1) is 23.2 Å². The Kier molecular flexibility index (Phi) is 5.14. The molecular weight excluding hydrogens is 384 g/mol. The predicted octanol–water partition coefficient (Wildman–Crippen LogP) is 0.166. The van der Waals surface area contributed by atoms with Gasteiger partial charge in [-0.2, -0.15) is 0 Å². The summed E-state index contributed by atoms with van der Waals surface area (Å²) in [5.74, 6) is 0.687. The SMILES string of the molecule is O=C(COC(=O)CNC(=O)C12CC3CC(CC(C3)C1)C2)N[C@H]1CCS(=O)(=O)C1. The molecular formula is C19H28N2O6S. The van der Waals surface area contributed by atoms with E-state index in [1.165, 1.54) is 19.3 Å². The van der Waals surface area contributed by atoms with Gasteiger partial charge in [-0.3, -0.25) is 14.4 Å². The lowest BCUT2D eigenvalue weighted by Gasteiger charge is -2.55. The number of esters is 1. The van der Waals surface area contributed by atoms with Crippen molar-refractivity contribution in [3.05, 3.63) is 0 Å². The first-order valence-electron chi connectivity index (χ1n) is 10.2. The molecule has 0 spiro atoms. The first kappa shape index (κ1) is 19.7. The quantitative estimate of drug-likeness (QED) is 0.600. The van der Waals surface area contributed by atoms with Gasteiger partial charge in [0.2, 0.25) is 5.91 Å². The van der Waals surface area contributed by atoms with Crippen LogP contribution in [0.5, 0.6) is 0 Å². The average molecular weight is 413 g/mol. The van der Waals surface area contributed by atoms with E-state index in [1.54, 1.807) is 0 Å². The average Bonchev–Trinajstić information content (AvgIpc) is 2.95. The summed E-state index contributed by atoms with van der Waals surface area (Å²) >= 11 is 0. The highest BCUT2D eigenvalue weighted by atomic mass is 32.2. The zero-order valence-corrected chi connectivity index (χ0v) is 16.8. The fraction of sp³-hybridized carbons (Fsp3) is 0.842. The molecule has 1 heterocycles. The van der Waals surface area contributed by atoms with Crippen LogP contribution in [0.25, 0.3) is 0 Å². The fourth-order valence-electron chi connectivity index (χ4n) is 6.10. The number of sulfone groups is 1. The largest absolute Gasteiger partial charge is 0.454 e. The highest BCUT2D eigenvalue weighted by Gasteiger charge is 2.54. The number of carbonyl (C=O) groups excluding carboxylic acids is 3. The van der Waals surface area contributed by atoms with Crippen LogP contribution in [0.15, 0.2) is 0 Å². The maximum Gasteiger partial charge on any atom is 0.325 e. The van der Waals surface area contributed by atoms with E-state index in [2.05, 4.69) is 10.6 Å². The third-order valence-corrected chi connectivity index (χ3v) is 8.64. The lowest BCUT2D eigenvalue weighted by molar-refractivity contribution is -0.152. The van der Waals surface area contributed by atoms with E-state index in [1.807, 2.05) is 0 Å². The first-order valence-corrected chi connectivity index (χ1v) is 12.0. The molecule has 0 aromatic carbocycles. The van der Waals surface area contributed by atoms with Gasteiger partial charge in [0.25, 0.3) is 5.91 Å². The Bertz CT molecular complexity index is 742. The molecule has 2 amide bonds. The molecule has 0 radical (unpaired) electrons.